The van der Waals surface area contributed by atoms with Crippen LogP contribution in [0, 0.1) is 6.92 Å². The van der Waals surface area contributed by atoms with Crippen molar-refractivity contribution in [2.24, 2.45) is 5.14 Å². The van der Waals surface area contributed by atoms with Crippen molar-refractivity contribution in [2.45, 2.75) is 26.2 Å². The van der Waals surface area contributed by atoms with Crippen molar-refractivity contribution in [1.29, 1.82) is 0 Å². The van der Waals surface area contributed by atoms with Crippen LogP contribution in [0.2, 0.25) is 0 Å². The van der Waals surface area contributed by atoms with E-state index < -0.39 is 10.0 Å². The van der Waals surface area contributed by atoms with E-state index in [-0.39, 0.29) is 5.75 Å². The Bertz CT molecular complexity index is 714. The predicted molar refractivity (Wildman–Crippen MR) is 83.8 cm³/mol. The molecule has 2 rings (SSSR count). The second-order valence-corrected chi connectivity index (χ2v) is 6.79. The average Bonchev–Trinajstić information content (AvgIpc) is 2.41. The summed E-state index contributed by atoms with van der Waals surface area (Å²) in [6, 6.07) is 9.84. The molecule has 5 nitrogen and oxygen atoms in total. The summed E-state index contributed by atoms with van der Waals surface area (Å²) >= 11 is 0. The summed E-state index contributed by atoms with van der Waals surface area (Å²) in [4.78, 5) is 4.50. The van der Waals surface area contributed by atoms with Gasteiger partial charge in [0.25, 0.3) is 0 Å². The number of benzene rings is 1. The van der Waals surface area contributed by atoms with Gasteiger partial charge < -0.3 is 4.74 Å². The van der Waals surface area contributed by atoms with E-state index in [9.17, 15) is 8.42 Å². The lowest BCUT2D eigenvalue weighted by Gasteiger charge is -2.09. The number of pyridine rings is 1. The second-order valence-electron chi connectivity index (χ2n) is 5.06. The number of fused-ring (bicyclic) bond motifs is 1. The Morgan fingerprint density at radius 1 is 1.14 bits per heavy atom. The van der Waals surface area contributed by atoms with Gasteiger partial charge in [-0.15, -0.1) is 0 Å². The van der Waals surface area contributed by atoms with Gasteiger partial charge in [0.05, 0.1) is 12.4 Å². The van der Waals surface area contributed by atoms with Gasteiger partial charge >= 0.3 is 0 Å². The second kappa shape index (κ2) is 6.87. The lowest BCUT2D eigenvalue weighted by Crippen LogP contribution is -2.16. The zero-order valence-electron chi connectivity index (χ0n) is 12.1. The Balaban J connectivity index is 1.88. The van der Waals surface area contributed by atoms with Crippen LogP contribution in [0.3, 0.4) is 0 Å². The average molecular weight is 308 g/mol. The normalized spacial score (nSPS) is 11.7. The highest BCUT2D eigenvalue weighted by atomic mass is 32.2. The van der Waals surface area contributed by atoms with Crippen LogP contribution in [0.1, 0.15) is 25.0 Å². The van der Waals surface area contributed by atoms with Gasteiger partial charge in [0.15, 0.2) is 0 Å². The maximum Gasteiger partial charge on any atom is 0.209 e. The van der Waals surface area contributed by atoms with Crippen molar-refractivity contribution in [3.05, 3.63) is 36.0 Å². The van der Waals surface area contributed by atoms with E-state index in [1.807, 2.05) is 37.3 Å². The number of ether oxygens (including phenoxy) is 1. The lowest BCUT2D eigenvalue weighted by atomic mass is 10.2. The molecule has 0 saturated heterocycles. The molecule has 2 N–H and O–H groups in total. The first-order valence-corrected chi connectivity index (χ1v) is 8.67. The summed E-state index contributed by atoms with van der Waals surface area (Å²) in [5, 5.41) is 6.00. The van der Waals surface area contributed by atoms with Crippen LogP contribution in [0.15, 0.2) is 30.3 Å². The van der Waals surface area contributed by atoms with Crippen LogP contribution in [0.25, 0.3) is 10.9 Å². The standard InChI is InChI=1S/C15H20N2O3S/c1-12-8-9-13-6-5-7-14(15(13)17-12)20-10-3-2-4-11-21(16,18)19/h5-9H,2-4,10-11H2,1H3,(H2,16,18,19). The van der Waals surface area contributed by atoms with Crippen molar-refractivity contribution in [3.63, 3.8) is 0 Å². The molecule has 0 amide bonds. The topological polar surface area (TPSA) is 82.3 Å². The molecule has 6 heteroatoms. The highest BCUT2D eigenvalue weighted by Gasteiger charge is 2.05. The van der Waals surface area contributed by atoms with Gasteiger partial charge in [-0.25, -0.2) is 18.5 Å². The molecule has 0 unspecified atom stereocenters. The minimum absolute atomic E-state index is 0.0298. The van der Waals surface area contributed by atoms with E-state index in [0.717, 1.165) is 35.2 Å². The van der Waals surface area contributed by atoms with Crippen molar-refractivity contribution >= 4 is 20.9 Å². The number of nitrogens with two attached hydrogens (primary N) is 1. The fourth-order valence-corrected chi connectivity index (χ4v) is 2.70. The van der Waals surface area contributed by atoms with Crippen molar-refractivity contribution in [1.82, 2.24) is 4.98 Å². The largest absolute Gasteiger partial charge is 0.491 e. The Morgan fingerprint density at radius 3 is 2.71 bits per heavy atom. The number of aromatic nitrogens is 1. The molecular weight excluding hydrogens is 288 g/mol. The smallest absolute Gasteiger partial charge is 0.209 e. The fourth-order valence-electron chi connectivity index (χ4n) is 2.10. The van der Waals surface area contributed by atoms with Crippen LogP contribution in [0.5, 0.6) is 5.75 Å². The molecule has 0 saturated carbocycles. The molecule has 114 valence electrons. The zero-order valence-corrected chi connectivity index (χ0v) is 12.9. The third-order valence-electron chi connectivity index (χ3n) is 3.15. The highest BCUT2D eigenvalue weighted by molar-refractivity contribution is 7.89. The van der Waals surface area contributed by atoms with Crippen LogP contribution < -0.4 is 9.88 Å². The molecule has 0 bridgehead atoms. The number of para-hydroxylation sites is 1. The van der Waals surface area contributed by atoms with Crippen LogP contribution in [-0.4, -0.2) is 25.8 Å². The Kier molecular flexibility index (Phi) is 5.14. The van der Waals surface area contributed by atoms with Crippen LogP contribution in [-0.2, 0) is 10.0 Å². The number of hydrogen-bond acceptors (Lipinski definition) is 4. The molecule has 0 fully saturated rings. The van der Waals surface area contributed by atoms with Gasteiger partial charge in [0.2, 0.25) is 10.0 Å². The molecule has 0 aliphatic heterocycles. The van der Waals surface area contributed by atoms with Gasteiger partial charge in [-0.3, -0.25) is 0 Å². The maximum absolute atomic E-state index is 10.8. The summed E-state index contributed by atoms with van der Waals surface area (Å²) in [6.07, 6.45) is 2.13. The Morgan fingerprint density at radius 2 is 1.95 bits per heavy atom. The summed E-state index contributed by atoms with van der Waals surface area (Å²) in [6.45, 7) is 2.49. The molecule has 0 aliphatic carbocycles. The van der Waals surface area contributed by atoms with Crippen LogP contribution >= 0.6 is 0 Å². The summed E-state index contributed by atoms with van der Waals surface area (Å²) < 4.78 is 27.4. The third kappa shape index (κ3) is 4.99. The molecule has 0 atom stereocenters. The molecule has 0 radical (unpaired) electrons. The first-order chi connectivity index (χ1) is 9.96. The van der Waals surface area contributed by atoms with E-state index in [2.05, 4.69) is 4.98 Å². The summed E-state index contributed by atoms with van der Waals surface area (Å²) in [5.74, 6) is 0.796. The van der Waals surface area contributed by atoms with Gasteiger partial charge in [-0.05, 0) is 38.3 Å². The number of rotatable bonds is 7. The number of sulfonamides is 1. The molecule has 0 aliphatic rings. The molecule has 1 aromatic carbocycles. The SMILES string of the molecule is Cc1ccc2cccc(OCCCCCS(N)(=O)=O)c2n1. The lowest BCUT2D eigenvalue weighted by molar-refractivity contribution is 0.309. The van der Waals surface area contributed by atoms with Gasteiger partial charge in [-0.2, -0.15) is 0 Å². The Labute approximate surface area is 125 Å². The van der Waals surface area contributed by atoms with Crippen molar-refractivity contribution in [3.8, 4) is 5.75 Å². The number of nitrogens with zero attached hydrogens (tertiary/aromatic N) is 1. The van der Waals surface area contributed by atoms with E-state index in [4.69, 9.17) is 9.88 Å². The number of primary sulfonamides is 1. The molecule has 1 aromatic heterocycles. The minimum Gasteiger partial charge on any atom is -0.491 e. The molecule has 0 spiro atoms. The summed E-state index contributed by atoms with van der Waals surface area (Å²) in [7, 11) is -3.35. The van der Waals surface area contributed by atoms with Crippen molar-refractivity contribution in [2.75, 3.05) is 12.4 Å². The summed E-state index contributed by atoms with van der Waals surface area (Å²) in [5.41, 5.74) is 1.81. The van der Waals surface area contributed by atoms with E-state index >= 15 is 0 Å². The monoisotopic (exact) mass is 308 g/mol. The number of hydrogen-bond donors (Lipinski definition) is 1. The Hall–Kier alpha value is -1.66. The zero-order chi connectivity index (χ0) is 15.3. The van der Waals surface area contributed by atoms with Gasteiger partial charge in [-0.1, -0.05) is 18.2 Å². The third-order valence-corrected chi connectivity index (χ3v) is 4.01. The van der Waals surface area contributed by atoms with E-state index in [1.54, 1.807) is 0 Å². The van der Waals surface area contributed by atoms with E-state index in [1.165, 1.54) is 0 Å². The number of aryl methyl sites for hydroxylation is 1. The van der Waals surface area contributed by atoms with Crippen LogP contribution in [0.4, 0.5) is 0 Å². The predicted octanol–water partition coefficient (Wildman–Crippen LogP) is 2.38. The molecule has 2 aromatic rings. The quantitative estimate of drug-likeness (QED) is 0.796. The van der Waals surface area contributed by atoms with E-state index in [0.29, 0.717) is 13.0 Å². The van der Waals surface area contributed by atoms with Gasteiger partial charge in [0.1, 0.15) is 11.3 Å². The molecule has 21 heavy (non-hydrogen) atoms. The first-order valence-electron chi connectivity index (χ1n) is 6.95. The van der Waals surface area contributed by atoms with Gasteiger partial charge in [0, 0.05) is 11.1 Å². The molecular formula is C15H20N2O3S. The number of unbranched alkanes of at least 4 members (excludes halogenated alkanes) is 2. The molecule has 1 heterocycles. The minimum atomic E-state index is -3.35. The fraction of sp³-hybridized carbons (Fsp3) is 0.400. The maximum atomic E-state index is 10.8. The van der Waals surface area contributed by atoms with Crippen molar-refractivity contribution < 1.29 is 13.2 Å². The first kappa shape index (κ1) is 15.7. The highest BCUT2D eigenvalue weighted by Crippen LogP contribution is 2.24.